The van der Waals surface area contributed by atoms with Crippen molar-refractivity contribution < 1.29 is 9.50 Å². The summed E-state index contributed by atoms with van der Waals surface area (Å²) in [7, 11) is 0. The van der Waals surface area contributed by atoms with Crippen molar-refractivity contribution in [3.8, 4) is 0 Å². The van der Waals surface area contributed by atoms with Gasteiger partial charge < -0.3 is 5.11 Å². The Morgan fingerprint density at radius 3 is 2.68 bits per heavy atom. The van der Waals surface area contributed by atoms with Gasteiger partial charge in [-0.15, -0.1) is 0 Å². The smallest absolute Gasteiger partial charge is 0.108 e. The largest absolute Gasteiger partial charge is 0.385 e. The number of alkyl halides is 1. The molecular formula is C14H16ClFN2O. The van der Waals surface area contributed by atoms with Gasteiger partial charge in [-0.1, -0.05) is 11.6 Å². The highest BCUT2D eigenvalue weighted by molar-refractivity contribution is 6.31. The second kappa shape index (κ2) is 4.18. The van der Waals surface area contributed by atoms with Gasteiger partial charge in [-0.3, -0.25) is 5.10 Å². The number of aliphatic hydroxyl groups is 1. The molecule has 3 nitrogen and oxygen atoms in total. The van der Waals surface area contributed by atoms with Crippen LogP contribution in [0.5, 0.6) is 0 Å². The minimum atomic E-state index is -1.18. The van der Waals surface area contributed by atoms with E-state index < -0.39 is 11.3 Å². The summed E-state index contributed by atoms with van der Waals surface area (Å²) < 4.78 is 13.9. The van der Waals surface area contributed by atoms with Crippen molar-refractivity contribution in [3.63, 3.8) is 0 Å². The topological polar surface area (TPSA) is 48.9 Å². The molecule has 1 aromatic carbocycles. The van der Waals surface area contributed by atoms with Crippen LogP contribution in [0.3, 0.4) is 0 Å². The van der Waals surface area contributed by atoms with Crippen LogP contribution in [-0.4, -0.2) is 21.0 Å². The maximum atomic E-state index is 13.9. The lowest BCUT2D eigenvalue weighted by atomic mass is 9.74. The second-order valence-corrected chi connectivity index (χ2v) is 6.17. The molecule has 1 aromatic heterocycles. The minimum absolute atomic E-state index is 0.353. The summed E-state index contributed by atoms with van der Waals surface area (Å²) in [6.45, 7) is 1.59. The molecule has 0 aliphatic heterocycles. The van der Waals surface area contributed by atoms with Gasteiger partial charge in [-0.2, -0.15) is 5.10 Å². The van der Waals surface area contributed by atoms with Crippen LogP contribution in [0, 0.1) is 0 Å². The first-order valence-electron chi connectivity index (χ1n) is 6.44. The van der Waals surface area contributed by atoms with Crippen LogP contribution in [0.15, 0.2) is 18.3 Å². The Morgan fingerprint density at radius 1 is 1.32 bits per heavy atom. The molecule has 2 N–H and O–H groups in total. The molecule has 0 radical (unpaired) electrons. The lowest BCUT2D eigenvalue weighted by Gasteiger charge is -2.38. The van der Waals surface area contributed by atoms with Gasteiger partial charge in [0.2, 0.25) is 0 Å². The number of halogens is 2. The van der Waals surface area contributed by atoms with Crippen molar-refractivity contribution in [2.75, 3.05) is 0 Å². The Bertz CT molecular complexity index is 613. The number of nitrogens with zero attached hydrogens (tertiary/aromatic N) is 1. The first-order valence-corrected chi connectivity index (χ1v) is 6.82. The maximum absolute atomic E-state index is 13.9. The molecule has 19 heavy (non-hydrogen) atoms. The van der Waals surface area contributed by atoms with Crippen molar-refractivity contribution in [1.29, 1.82) is 0 Å². The van der Waals surface area contributed by atoms with Crippen LogP contribution in [0.1, 0.15) is 38.2 Å². The molecule has 0 atom stereocenters. The van der Waals surface area contributed by atoms with E-state index in [4.69, 9.17) is 11.6 Å². The molecular weight excluding hydrogens is 267 g/mol. The number of fused-ring (bicyclic) bond motifs is 1. The molecule has 0 saturated heterocycles. The van der Waals surface area contributed by atoms with Gasteiger partial charge in [0.25, 0.3) is 0 Å². The normalized spacial score (nSPS) is 31.8. The van der Waals surface area contributed by atoms with Crippen LogP contribution in [0.4, 0.5) is 4.39 Å². The Kier molecular flexibility index (Phi) is 2.84. The van der Waals surface area contributed by atoms with Crippen molar-refractivity contribution >= 4 is 22.5 Å². The van der Waals surface area contributed by atoms with Gasteiger partial charge in [0.1, 0.15) is 5.67 Å². The molecule has 5 heteroatoms. The second-order valence-electron chi connectivity index (χ2n) is 5.73. The van der Waals surface area contributed by atoms with E-state index in [-0.39, 0.29) is 0 Å². The monoisotopic (exact) mass is 282 g/mol. The van der Waals surface area contributed by atoms with Crippen molar-refractivity contribution in [3.05, 3.63) is 28.9 Å². The fourth-order valence-electron chi connectivity index (χ4n) is 2.84. The van der Waals surface area contributed by atoms with E-state index in [0.29, 0.717) is 30.7 Å². The number of aromatic nitrogens is 2. The Morgan fingerprint density at radius 2 is 2.00 bits per heavy atom. The number of nitrogens with one attached hydrogen (secondary N) is 1. The zero-order valence-corrected chi connectivity index (χ0v) is 11.5. The molecule has 0 amide bonds. The van der Waals surface area contributed by atoms with Crippen LogP contribution >= 0.6 is 11.6 Å². The number of aromatic amines is 1. The molecule has 1 saturated carbocycles. The van der Waals surface area contributed by atoms with Crippen LogP contribution < -0.4 is 0 Å². The minimum Gasteiger partial charge on any atom is -0.385 e. The van der Waals surface area contributed by atoms with Gasteiger partial charge in [0.15, 0.2) is 0 Å². The van der Waals surface area contributed by atoms with Gasteiger partial charge in [0, 0.05) is 16.0 Å². The van der Waals surface area contributed by atoms with Gasteiger partial charge in [0.05, 0.1) is 17.3 Å². The zero-order valence-electron chi connectivity index (χ0n) is 10.7. The van der Waals surface area contributed by atoms with Crippen molar-refractivity contribution in [2.45, 2.75) is 43.9 Å². The SMILES string of the molecule is CC1(F)CCC(O)(c2cc(Cl)cc3cn[nH]c23)CC1. The summed E-state index contributed by atoms with van der Waals surface area (Å²) in [6.07, 6.45) is 3.18. The Hall–Kier alpha value is -1.13. The van der Waals surface area contributed by atoms with Crippen LogP contribution in [0.25, 0.3) is 10.9 Å². The summed E-state index contributed by atoms with van der Waals surface area (Å²) in [5.41, 5.74) is -0.698. The molecule has 1 aliphatic rings. The average Bonchev–Trinajstić information content (AvgIpc) is 2.80. The molecule has 0 bridgehead atoms. The maximum Gasteiger partial charge on any atom is 0.108 e. The van der Waals surface area contributed by atoms with E-state index in [2.05, 4.69) is 10.2 Å². The lowest BCUT2D eigenvalue weighted by molar-refractivity contribution is -0.0436. The predicted molar refractivity (Wildman–Crippen MR) is 73.0 cm³/mol. The quantitative estimate of drug-likeness (QED) is 0.838. The van der Waals surface area contributed by atoms with Gasteiger partial charge >= 0.3 is 0 Å². The van der Waals surface area contributed by atoms with Gasteiger partial charge in [-0.25, -0.2) is 4.39 Å². The summed E-state index contributed by atoms with van der Waals surface area (Å²) in [6, 6.07) is 3.55. The number of benzene rings is 1. The number of hydrogen-bond donors (Lipinski definition) is 2. The van der Waals surface area contributed by atoms with Crippen molar-refractivity contribution in [2.24, 2.45) is 0 Å². The van der Waals surface area contributed by atoms with E-state index in [1.54, 1.807) is 25.3 Å². The van der Waals surface area contributed by atoms with Crippen LogP contribution in [-0.2, 0) is 5.60 Å². The fraction of sp³-hybridized carbons (Fsp3) is 0.500. The Balaban J connectivity index is 2.06. The third-order valence-electron chi connectivity index (χ3n) is 4.13. The summed E-state index contributed by atoms with van der Waals surface area (Å²) in [4.78, 5) is 0. The molecule has 0 spiro atoms. The van der Waals surface area contributed by atoms with Crippen molar-refractivity contribution in [1.82, 2.24) is 10.2 Å². The average molecular weight is 283 g/mol. The third kappa shape index (κ3) is 2.23. The summed E-state index contributed by atoms with van der Waals surface area (Å²) in [5.74, 6) is 0. The third-order valence-corrected chi connectivity index (χ3v) is 4.35. The zero-order chi connectivity index (χ0) is 13.7. The van der Waals surface area contributed by atoms with Gasteiger partial charge in [-0.05, 0) is 44.7 Å². The van der Waals surface area contributed by atoms with E-state index in [1.165, 1.54) is 0 Å². The fourth-order valence-corrected chi connectivity index (χ4v) is 3.07. The molecule has 1 fully saturated rings. The lowest BCUT2D eigenvalue weighted by Crippen LogP contribution is -2.37. The molecule has 102 valence electrons. The predicted octanol–water partition coefficient (Wildman–Crippen LogP) is 3.71. The van der Waals surface area contributed by atoms with E-state index >= 15 is 0 Å². The first kappa shape index (κ1) is 12.9. The van der Waals surface area contributed by atoms with E-state index in [1.807, 2.05) is 0 Å². The van der Waals surface area contributed by atoms with Crippen LogP contribution in [0.2, 0.25) is 5.02 Å². The molecule has 3 rings (SSSR count). The number of rotatable bonds is 1. The Labute approximate surface area is 115 Å². The summed E-state index contributed by atoms with van der Waals surface area (Å²) in [5, 5.41) is 19.2. The summed E-state index contributed by atoms with van der Waals surface area (Å²) >= 11 is 6.09. The van der Waals surface area contributed by atoms with E-state index in [0.717, 1.165) is 16.5 Å². The highest BCUT2D eigenvalue weighted by Crippen LogP contribution is 2.45. The highest BCUT2D eigenvalue weighted by Gasteiger charge is 2.41. The molecule has 2 aromatic rings. The van der Waals surface area contributed by atoms with E-state index in [9.17, 15) is 9.50 Å². The highest BCUT2D eigenvalue weighted by atomic mass is 35.5. The first-order chi connectivity index (χ1) is 8.90. The molecule has 1 heterocycles. The number of H-pyrrole nitrogens is 1. The molecule has 1 aliphatic carbocycles. The molecule has 0 unspecified atom stereocenters. The number of hydrogen-bond acceptors (Lipinski definition) is 2. The standard InChI is InChI=1S/C14H16ClFN2O/c1-13(16)2-4-14(19,5-3-13)11-7-10(15)6-9-8-17-18-12(9)11/h6-8,19H,2-5H2,1H3,(H,17,18).